The third-order valence-electron chi connectivity index (χ3n) is 3.94. The minimum Gasteiger partial charge on any atom is -0.296 e. The summed E-state index contributed by atoms with van der Waals surface area (Å²) >= 11 is 5.16. The Morgan fingerprint density at radius 3 is 2.54 bits per heavy atom. The van der Waals surface area contributed by atoms with Crippen LogP contribution in [0, 0.1) is 11.3 Å². The van der Waals surface area contributed by atoms with Crippen LogP contribution in [0.25, 0.3) is 0 Å². The highest BCUT2D eigenvalue weighted by molar-refractivity contribution is 9.11. The van der Waals surface area contributed by atoms with Gasteiger partial charge in [-0.15, -0.1) is 11.3 Å². The topological polar surface area (TPSA) is 64.4 Å². The van der Waals surface area contributed by atoms with Crippen LogP contribution in [-0.4, -0.2) is 43.8 Å². The number of sulfonamides is 1. The van der Waals surface area contributed by atoms with E-state index in [0.29, 0.717) is 31.7 Å². The van der Waals surface area contributed by atoms with E-state index in [4.69, 9.17) is 5.26 Å². The summed E-state index contributed by atoms with van der Waals surface area (Å²) in [5.41, 5.74) is 0.359. The van der Waals surface area contributed by atoms with Crippen LogP contribution in [0.1, 0.15) is 10.4 Å². The van der Waals surface area contributed by atoms with Gasteiger partial charge in [-0.2, -0.15) is 9.57 Å². The van der Waals surface area contributed by atoms with E-state index in [1.165, 1.54) is 15.2 Å². The maximum Gasteiger partial charge on any atom is 0.243 e. The van der Waals surface area contributed by atoms with Crippen LogP contribution in [0.4, 0.5) is 0 Å². The van der Waals surface area contributed by atoms with Crippen molar-refractivity contribution in [2.45, 2.75) is 11.4 Å². The summed E-state index contributed by atoms with van der Waals surface area (Å²) in [5.74, 6) is 0. The van der Waals surface area contributed by atoms with Gasteiger partial charge in [0, 0.05) is 37.6 Å². The van der Waals surface area contributed by atoms with Crippen molar-refractivity contribution in [2.75, 3.05) is 26.2 Å². The number of hydrogen-bond acceptors (Lipinski definition) is 5. The normalized spacial score (nSPS) is 16.8. The standard InChI is InChI=1S/C16H16BrN3O2S2/c17-16-5-4-14(23-16)12-19-6-8-20(9-7-19)24(21,22)15-3-1-2-13(10-15)11-18/h1-5,10H,6-9,12H2. The first-order valence-electron chi connectivity index (χ1n) is 7.46. The summed E-state index contributed by atoms with van der Waals surface area (Å²) in [6.07, 6.45) is 0. The Labute approximate surface area is 154 Å². The number of nitrogens with zero attached hydrogens (tertiary/aromatic N) is 3. The Hall–Kier alpha value is -1.24. The molecule has 1 fully saturated rings. The fraction of sp³-hybridized carbons (Fsp3) is 0.312. The molecular weight excluding hydrogens is 410 g/mol. The van der Waals surface area contributed by atoms with Crippen molar-refractivity contribution in [1.29, 1.82) is 5.26 Å². The molecule has 8 heteroatoms. The summed E-state index contributed by atoms with van der Waals surface area (Å²) in [4.78, 5) is 3.72. The van der Waals surface area contributed by atoms with Crippen LogP contribution in [-0.2, 0) is 16.6 Å². The predicted molar refractivity (Wildman–Crippen MR) is 97.2 cm³/mol. The molecule has 2 heterocycles. The molecule has 0 amide bonds. The molecule has 0 saturated carbocycles. The molecule has 5 nitrogen and oxygen atoms in total. The van der Waals surface area contributed by atoms with Gasteiger partial charge < -0.3 is 0 Å². The van der Waals surface area contributed by atoms with Crippen molar-refractivity contribution >= 4 is 37.3 Å². The lowest BCUT2D eigenvalue weighted by Crippen LogP contribution is -2.48. The smallest absolute Gasteiger partial charge is 0.243 e. The first-order valence-corrected chi connectivity index (χ1v) is 10.5. The van der Waals surface area contributed by atoms with Gasteiger partial charge in [-0.1, -0.05) is 6.07 Å². The molecule has 0 spiro atoms. The van der Waals surface area contributed by atoms with E-state index < -0.39 is 10.0 Å². The third kappa shape index (κ3) is 3.87. The molecule has 24 heavy (non-hydrogen) atoms. The average molecular weight is 426 g/mol. The van der Waals surface area contributed by atoms with E-state index >= 15 is 0 Å². The van der Waals surface area contributed by atoms with Gasteiger partial charge in [-0.3, -0.25) is 4.90 Å². The lowest BCUT2D eigenvalue weighted by molar-refractivity contribution is 0.183. The average Bonchev–Trinajstić information content (AvgIpc) is 3.00. The van der Waals surface area contributed by atoms with Crippen molar-refractivity contribution < 1.29 is 8.42 Å². The fourth-order valence-corrected chi connectivity index (χ4v) is 5.65. The lowest BCUT2D eigenvalue weighted by atomic mass is 10.2. The van der Waals surface area contributed by atoms with Gasteiger partial charge in [-0.05, 0) is 46.3 Å². The van der Waals surface area contributed by atoms with Crippen LogP contribution >= 0.6 is 27.3 Å². The highest BCUT2D eigenvalue weighted by Gasteiger charge is 2.28. The van der Waals surface area contributed by atoms with Crippen LogP contribution in [0.2, 0.25) is 0 Å². The van der Waals surface area contributed by atoms with E-state index in [1.807, 2.05) is 12.1 Å². The number of thiophene rings is 1. The van der Waals surface area contributed by atoms with Gasteiger partial charge in [0.1, 0.15) is 0 Å². The van der Waals surface area contributed by atoms with Crippen molar-refractivity contribution in [1.82, 2.24) is 9.21 Å². The van der Waals surface area contributed by atoms with Gasteiger partial charge in [0.15, 0.2) is 0 Å². The first kappa shape index (κ1) is 17.6. The Kier molecular flexibility index (Phi) is 5.37. The molecule has 0 bridgehead atoms. The number of nitriles is 1. The molecule has 2 aromatic rings. The van der Waals surface area contributed by atoms with Crippen LogP contribution < -0.4 is 0 Å². The number of hydrogen-bond donors (Lipinski definition) is 0. The van der Waals surface area contributed by atoms with Gasteiger partial charge in [-0.25, -0.2) is 8.42 Å². The summed E-state index contributed by atoms with van der Waals surface area (Å²) in [6, 6.07) is 12.3. The van der Waals surface area contributed by atoms with E-state index in [0.717, 1.165) is 10.3 Å². The van der Waals surface area contributed by atoms with Gasteiger partial charge in [0.25, 0.3) is 0 Å². The van der Waals surface area contributed by atoms with E-state index in [1.54, 1.807) is 29.5 Å². The highest BCUT2D eigenvalue weighted by Crippen LogP contribution is 2.24. The molecule has 3 rings (SSSR count). The molecule has 0 radical (unpaired) electrons. The van der Waals surface area contributed by atoms with Crippen molar-refractivity contribution in [3.8, 4) is 6.07 Å². The fourth-order valence-electron chi connectivity index (χ4n) is 2.66. The zero-order valence-electron chi connectivity index (χ0n) is 12.9. The summed E-state index contributed by atoms with van der Waals surface area (Å²) in [6.45, 7) is 3.17. The lowest BCUT2D eigenvalue weighted by Gasteiger charge is -2.33. The molecule has 126 valence electrons. The van der Waals surface area contributed by atoms with Crippen molar-refractivity contribution in [3.05, 3.63) is 50.6 Å². The summed E-state index contributed by atoms with van der Waals surface area (Å²) < 4.78 is 28.0. The molecule has 0 atom stereocenters. The molecule has 1 aliphatic rings. The first-order chi connectivity index (χ1) is 11.5. The molecule has 0 unspecified atom stereocenters. The van der Waals surface area contributed by atoms with Crippen LogP contribution in [0.3, 0.4) is 0 Å². The molecule has 0 aliphatic carbocycles. The SMILES string of the molecule is N#Cc1cccc(S(=O)(=O)N2CCN(Cc3ccc(Br)s3)CC2)c1. The molecular formula is C16H16BrN3O2S2. The summed E-state index contributed by atoms with van der Waals surface area (Å²) in [7, 11) is -3.54. The molecule has 1 aromatic carbocycles. The third-order valence-corrected chi connectivity index (χ3v) is 7.44. The molecule has 1 aliphatic heterocycles. The zero-order valence-corrected chi connectivity index (χ0v) is 16.1. The minimum atomic E-state index is -3.54. The Bertz CT molecular complexity index is 865. The monoisotopic (exact) mass is 425 g/mol. The quantitative estimate of drug-likeness (QED) is 0.754. The maximum absolute atomic E-state index is 12.7. The van der Waals surface area contributed by atoms with E-state index in [2.05, 4.69) is 26.9 Å². The zero-order chi connectivity index (χ0) is 17.2. The van der Waals surface area contributed by atoms with Gasteiger partial charge >= 0.3 is 0 Å². The number of benzene rings is 1. The van der Waals surface area contributed by atoms with Crippen LogP contribution in [0.5, 0.6) is 0 Å². The second kappa shape index (κ2) is 7.33. The number of rotatable bonds is 4. The molecule has 1 saturated heterocycles. The van der Waals surface area contributed by atoms with E-state index in [9.17, 15) is 8.42 Å². The largest absolute Gasteiger partial charge is 0.296 e. The van der Waals surface area contributed by atoms with Gasteiger partial charge in [0.05, 0.1) is 20.3 Å². The van der Waals surface area contributed by atoms with Crippen LogP contribution in [0.15, 0.2) is 45.1 Å². The minimum absolute atomic E-state index is 0.192. The second-order valence-electron chi connectivity index (χ2n) is 5.53. The highest BCUT2D eigenvalue weighted by atomic mass is 79.9. The van der Waals surface area contributed by atoms with Crippen molar-refractivity contribution in [2.24, 2.45) is 0 Å². The number of piperazine rings is 1. The Morgan fingerprint density at radius 1 is 1.17 bits per heavy atom. The van der Waals surface area contributed by atoms with Crippen molar-refractivity contribution in [3.63, 3.8) is 0 Å². The summed E-state index contributed by atoms with van der Waals surface area (Å²) in [5, 5.41) is 8.95. The Balaban J connectivity index is 1.66. The predicted octanol–water partition coefficient (Wildman–Crippen LogP) is 2.89. The van der Waals surface area contributed by atoms with E-state index in [-0.39, 0.29) is 4.90 Å². The molecule has 1 aromatic heterocycles. The number of halogens is 1. The Morgan fingerprint density at radius 2 is 1.92 bits per heavy atom. The second-order valence-corrected chi connectivity index (χ2v) is 10.0. The molecule has 0 N–H and O–H groups in total. The maximum atomic E-state index is 12.7. The van der Waals surface area contributed by atoms with Gasteiger partial charge in [0.2, 0.25) is 10.0 Å².